The lowest BCUT2D eigenvalue weighted by Crippen LogP contribution is -2.54. The van der Waals surface area contributed by atoms with Crippen LogP contribution in [0.15, 0.2) is 0 Å². The van der Waals surface area contributed by atoms with E-state index in [0.29, 0.717) is 0 Å². The van der Waals surface area contributed by atoms with Crippen LogP contribution < -0.4 is 0 Å². The van der Waals surface area contributed by atoms with E-state index in [-0.39, 0.29) is 18.6 Å². The van der Waals surface area contributed by atoms with Crippen molar-refractivity contribution in [2.75, 3.05) is 6.61 Å². The summed E-state index contributed by atoms with van der Waals surface area (Å²) >= 11 is 0. The zero-order valence-electron chi connectivity index (χ0n) is 10.2. The Morgan fingerprint density at radius 2 is 1.88 bits per heavy atom. The summed E-state index contributed by atoms with van der Waals surface area (Å²) in [6, 6.07) is 0. The second kappa shape index (κ2) is 6.55. The van der Waals surface area contributed by atoms with Gasteiger partial charge in [-0.3, -0.25) is 0 Å². The molecule has 2 unspecified atom stereocenters. The van der Waals surface area contributed by atoms with Crippen LogP contribution in [-0.2, 0) is 4.74 Å². The number of aliphatic hydroxyl groups is 3. The highest BCUT2D eigenvalue weighted by atomic mass is 16.5. The first-order valence-electron chi connectivity index (χ1n) is 6.23. The maximum Gasteiger partial charge on any atom is 0.111 e. The SMILES string of the molecule is CCCCCC(C)C1OC[C@@H](O)[C@H](O)[C@H]1O. The molecule has 4 heteroatoms. The fourth-order valence-electron chi connectivity index (χ4n) is 2.21. The van der Waals surface area contributed by atoms with Crippen molar-refractivity contribution < 1.29 is 20.1 Å². The highest BCUT2D eigenvalue weighted by molar-refractivity contribution is 4.88. The van der Waals surface area contributed by atoms with Gasteiger partial charge in [-0.05, 0) is 12.3 Å². The molecule has 1 heterocycles. The smallest absolute Gasteiger partial charge is 0.111 e. The van der Waals surface area contributed by atoms with Crippen molar-refractivity contribution in [1.29, 1.82) is 0 Å². The van der Waals surface area contributed by atoms with Crippen LogP contribution in [-0.4, -0.2) is 46.3 Å². The van der Waals surface area contributed by atoms with Crippen LogP contribution >= 0.6 is 0 Å². The number of ether oxygens (including phenoxy) is 1. The van der Waals surface area contributed by atoms with Gasteiger partial charge in [-0.25, -0.2) is 0 Å². The van der Waals surface area contributed by atoms with Crippen LogP contribution in [0.2, 0.25) is 0 Å². The summed E-state index contributed by atoms with van der Waals surface area (Å²) in [6.45, 7) is 4.28. The van der Waals surface area contributed by atoms with Gasteiger partial charge in [0.2, 0.25) is 0 Å². The molecule has 0 aromatic heterocycles. The molecular formula is C12H24O4. The van der Waals surface area contributed by atoms with E-state index in [1.807, 2.05) is 6.92 Å². The Bertz CT molecular complexity index is 197. The van der Waals surface area contributed by atoms with Gasteiger partial charge in [0.05, 0.1) is 12.7 Å². The largest absolute Gasteiger partial charge is 0.388 e. The fraction of sp³-hybridized carbons (Fsp3) is 1.00. The first kappa shape index (κ1) is 13.9. The topological polar surface area (TPSA) is 69.9 Å². The molecule has 0 bridgehead atoms. The average molecular weight is 232 g/mol. The van der Waals surface area contributed by atoms with Gasteiger partial charge in [-0.1, -0.05) is 33.1 Å². The van der Waals surface area contributed by atoms with Crippen LogP contribution in [0, 0.1) is 5.92 Å². The van der Waals surface area contributed by atoms with Crippen molar-refractivity contribution in [3.8, 4) is 0 Å². The Kier molecular flexibility index (Phi) is 5.69. The molecule has 0 amide bonds. The van der Waals surface area contributed by atoms with Gasteiger partial charge < -0.3 is 20.1 Å². The van der Waals surface area contributed by atoms with Gasteiger partial charge in [-0.2, -0.15) is 0 Å². The van der Waals surface area contributed by atoms with E-state index in [2.05, 4.69) is 6.92 Å². The molecule has 1 aliphatic rings. The summed E-state index contributed by atoms with van der Waals surface area (Å²) in [5.41, 5.74) is 0. The summed E-state index contributed by atoms with van der Waals surface area (Å²) in [7, 11) is 0. The lowest BCUT2D eigenvalue weighted by molar-refractivity contribution is -0.199. The van der Waals surface area contributed by atoms with E-state index >= 15 is 0 Å². The molecule has 3 N–H and O–H groups in total. The van der Waals surface area contributed by atoms with E-state index in [1.165, 1.54) is 12.8 Å². The molecule has 0 radical (unpaired) electrons. The normalized spacial score (nSPS) is 37.3. The van der Waals surface area contributed by atoms with Crippen LogP contribution in [0.1, 0.15) is 39.5 Å². The number of aliphatic hydroxyl groups excluding tert-OH is 3. The van der Waals surface area contributed by atoms with Gasteiger partial charge in [0.15, 0.2) is 0 Å². The minimum atomic E-state index is -1.08. The molecule has 0 aromatic rings. The van der Waals surface area contributed by atoms with E-state index in [9.17, 15) is 15.3 Å². The van der Waals surface area contributed by atoms with Crippen molar-refractivity contribution in [1.82, 2.24) is 0 Å². The van der Waals surface area contributed by atoms with Gasteiger partial charge in [0.25, 0.3) is 0 Å². The summed E-state index contributed by atoms with van der Waals surface area (Å²) in [4.78, 5) is 0. The monoisotopic (exact) mass is 232 g/mol. The third-order valence-electron chi connectivity index (χ3n) is 3.36. The molecule has 1 fully saturated rings. The summed E-state index contributed by atoms with van der Waals surface area (Å²) in [5.74, 6) is 0.212. The maximum atomic E-state index is 9.80. The minimum absolute atomic E-state index is 0.112. The summed E-state index contributed by atoms with van der Waals surface area (Å²) in [5, 5.41) is 28.7. The Hall–Kier alpha value is -0.160. The predicted octanol–water partition coefficient (Wildman–Crippen LogP) is 0.684. The standard InChI is InChI=1S/C12H24O4/c1-3-4-5-6-8(2)12-11(15)10(14)9(13)7-16-12/h8-15H,3-7H2,1-2H3/t8?,9-,10+,11-,12?/m1/s1. The molecule has 5 atom stereocenters. The van der Waals surface area contributed by atoms with Crippen molar-refractivity contribution in [2.45, 2.75) is 63.9 Å². The Morgan fingerprint density at radius 3 is 2.50 bits per heavy atom. The number of rotatable bonds is 5. The van der Waals surface area contributed by atoms with Crippen molar-refractivity contribution in [3.05, 3.63) is 0 Å². The average Bonchev–Trinajstić information content (AvgIpc) is 2.26. The quantitative estimate of drug-likeness (QED) is 0.610. The van der Waals surface area contributed by atoms with Crippen LogP contribution in [0.25, 0.3) is 0 Å². The number of hydrogen-bond donors (Lipinski definition) is 3. The molecule has 0 spiro atoms. The second-order valence-electron chi connectivity index (χ2n) is 4.82. The maximum absolute atomic E-state index is 9.80. The molecule has 0 aliphatic carbocycles. The minimum Gasteiger partial charge on any atom is -0.388 e. The third-order valence-corrected chi connectivity index (χ3v) is 3.36. The molecule has 1 rings (SSSR count). The van der Waals surface area contributed by atoms with Crippen molar-refractivity contribution >= 4 is 0 Å². The number of hydrogen-bond acceptors (Lipinski definition) is 4. The van der Waals surface area contributed by atoms with E-state index < -0.39 is 18.3 Å². The predicted molar refractivity (Wildman–Crippen MR) is 61.1 cm³/mol. The van der Waals surface area contributed by atoms with Gasteiger partial charge >= 0.3 is 0 Å². The Labute approximate surface area is 97.2 Å². The molecule has 1 aliphatic heterocycles. The highest BCUT2D eigenvalue weighted by Gasteiger charge is 2.39. The zero-order chi connectivity index (χ0) is 12.1. The summed E-state index contributed by atoms with van der Waals surface area (Å²) in [6.07, 6.45) is 1.08. The Balaban J connectivity index is 2.40. The first-order valence-corrected chi connectivity index (χ1v) is 6.23. The molecule has 0 aromatic carbocycles. The van der Waals surface area contributed by atoms with Gasteiger partial charge in [-0.15, -0.1) is 0 Å². The number of unbranched alkanes of at least 4 members (excludes halogenated alkanes) is 2. The molecule has 4 nitrogen and oxygen atoms in total. The summed E-state index contributed by atoms with van der Waals surface area (Å²) < 4.78 is 5.41. The van der Waals surface area contributed by atoms with Crippen LogP contribution in [0.4, 0.5) is 0 Å². The van der Waals surface area contributed by atoms with Crippen LogP contribution in [0.3, 0.4) is 0 Å². The molecule has 96 valence electrons. The lowest BCUT2D eigenvalue weighted by Gasteiger charge is -2.38. The third kappa shape index (κ3) is 3.42. The molecule has 1 saturated heterocycles. The molecule has 0 saturated carbocycles. The second-order valence-corrected chi connectivity index (χ2v) is 4.82. The van der Waals surface area contributed by atoms with E-state index in [0.717, 1.165) is 12.8 Å². The van der Waals surface area contributed by atoms with E-state index in [1.54, 1.807) is 0 Å². The van der Waals surface area contributed by atoms with Crippen molar-refractivity contribution in [3.63, 3.8) is 0 Å². The fourth-order valence-corrected chi connectivity index (χ4v) is 2.21. The molecule has 16 heavy (non-hydrogen) atoms. The van der Waals surface area contributed by atoms with Gasteiger partial charge in [0.1, 0.15) is 18.3 Å². The van der Waals surface area contributed by atoms with Gasteiger partial charge in [0, 0.05) is 0 Å². The van der Waals surface area contributed by atoms with E-state index in [4.69, 9.17) is 4.74 Å². The first-order chi connectivity index (χ1) is 7.57. The Morgan fingerprint density at radius 1 is 1.19 bits per heavy atom. The molecular weight excluding hydrogens is 208 g/mol. The van der Waals surface area contributed by atoms with Crippen molar-refractivity contribution in [2.24, 2.45) is 5.92 Å². The zero-order valence-corrected chi connectivity index (χ0v) is 10.2. The van der Waals surface area contributed by atoms with Crippen LogP contribution in [0.5, 0.6) is 0 Å². The highest BCUT2D eigenvalue weighted by Crippen LogP contribution is 2.25. The lowest BCUT2D eigenvalue weighted by atomic mass is 9.88.